The van der Waals surface area contributed by atoms with Crippen LogP contribution in [0.3, 0.4) is 0 Å². The molecule has 1 N–H and O–H groups in total. The van der Waals surface area contributed by atoms with Crippen molar-refractivity contribution in [3.63, 3.8) is 0 Å². The van der Waals surface area contributed by atoms with Crippen LogP contribution in [0.15, 0.2) is 24.7 Å². The van der Waals surface area contributed by atoms with Gasteiger partial charge in [0, 0.05) is 24.0 Å². The number of nitrogens with zero attached hydrogens (tertiary/aromatic N) is 5. The van der Waals surface area contributed by atoms with Gasteiger partial charge in [-0.15, -0.1) is 0 Å². The molecule has 10 nitrogen and oxygen atoms in total. The standard InChI is InChI=1S/C12H10N6O4/c1-2-22-12(19)8-3-10-13-4-7(6-17(10)16-8)11-9(18(20)21)5-14-15-11/h3-6H,2H2,1H3,(H,14,15). The van der Waals surface area contributed by atoms with E-state index >= 15 is 0 Å². The minimum absolute atomic E-state index is 0.116. The summed E-state index contributed by atoms with van der Waals surface area (Å²) in [4.78, 5) is 26.1. The molecule has 0 saturated carbocycles. The largest absolute Gasteiger partial charge is 0.461 e. The number of carbonyl (C=O) groups excluding carboxylic acids is 1. The minimum Gasteiger partial charge on any atom is -0.461 e. The van der Waals surface area contributed by atoms with Crippen LogP contribution >= 0.6 is 0 Å². The lowest BCUT2D eigenvalue weighted by Crippen LogP contribution is -2.05. The molecule has 0 aliphatic heterocycles. The molecule has 3 aromatic heterocycles. The maximum atomic E-state index is 11.6. The Bertz CT molecular complexity index is 868. The highest BCUT2D eigenvalue weighted by Gasteiger charge is 2.19. The summed E-state index contributed by atoms with van der Waals surface area (Å²) in [6.45, 7) is 1.94. The van der Waals surface area contributed by atoms with Gasteiger partial charge in [0.2, 0.25) is 0 Å². The Labute approximate surface area is 122 Å². The third kappa shape index (κ3) is 2.26. The monoisotopic (exact) mass is 302 g/mol. The van der Waals surface area contributed by atoms with Crippen LogP contribution in [-0.2, 0) is 4.74 Å². The van der Waals surface area contributed by atoms with Crippen molar-refractivity contribution in [2.45, 2.75) is 6.92 Å². The van der Waals surface area contributed by atoms with E-state index in [2.05, 4.69) is 20.3 Å². The Kier molecular flexibility index (Phi) is 3.26. The van der Waals surface area contributed by atoms with Crippen LogP contribution in [0.4, 0.5) is 5.69 Å². The highest BCUT2D eigenvalue weighted by atomic mass is 16.6. The van der Waals surface area contributed by atoms with Crippen LogP contribution in [0.25, 0.3) is 16.9 Å². The summed E-state index contributed by atoms with van der Waals surface area (Å²) in [7, 11) is 0. The zero-order valence-corrected chi connectivity index (χ0v) is 11.4. The summed E-state index contributed by atoms with van der Waals surface area (Å²) >= 11 is 0. The van der Waals surface area contributed by atoms with Gasteiger partial charge in [-0.2, -0.15) is 10.2 Å². The molecular weight excluding hydrogens is 292 g/mol. The molecule has 0 bridgehead atoms. The highest BCUT2D eigenvalue weighted by molar-refractivity contribution is 5.88. The molecule has 0 fully saturated rings. The molecule has 0 aliphatic carbocycles. The van der Waals surface area contributed by atoms with E-state index in [0.29, 0.717) is 11.2 Å². The Morgan fingerprint density at radius 3 is 3.05 bits per heavy atom. The highest BCUT2D eigenvalue weighted by Crippen LogP contribution is 2.26. The van der Waals surface area contributed by atoms with Crippen molar-refractivity contribution in [1.29, 1.82) is 0 Å². The van der Waals surface area contributed by atoms with Crippen molar-refractivity contribution in [2.24, 2.45) is 0 Å². The number of H-pyrrole nitrogens is 1. The fourth-order valence-corrected chi connectivity index (χ4v) is 1.94. The number of esters is 1. The number of hydrogen-bond donors (Lipinski definition) is 1. The molecule has 10 heteroatoms. The maximum absolute atomic E-state index is 11.6. The first-order chi connectivity index (χ1) is 10.6. The lowest BCUT2D eigenvalue weighted by molar-refractivity contribution is -0.384. The summed E-state index contributed by atoms with van der Waals surface area (Å²) < 4.78 is 6.22. The second kappa shape index (κ2) is 5.24. The molecule has 0 radical (unpaired) electrons. The number of rotatable bonds is 4. The van der Waals surface area contributed by atoms with Gasteiger partial charge in [0.15, 0.2) is 11.3 Å². The number of nitro groups is 1. The fourth-order valence-electron chi connectivity index (χ4n) is 1.94. The average Bonchev–Trinajstić information content (AvgIpc) is 3.13. The molecule has 0 aliphatic rings. The van der Waals surface area contributed by atoms with Crippen molar-refractivity contribution >= 4 is 17.3 Å². The van der Waals surface area contributed by atoms with Crippen LogP contribution in [0.1, 0.15) is 17.4 Å². The van der Waals surface area contributed by atoms with Crippen LogP contribution in [0, 0.1) is 10.1 Å². The fraction of sp³-hybridized carbons (Fsp3) is 0.167. The lowest BCUT2D eigenvalue weighted by Gasteiger charge is -1.98. The third-order valence-corrected chi connectivity index (χ3v) is 2.90. The molecule has 0 spiro atoms. The molecule has 3 aromatic rings. The van der Waals surface area contributed by atoms with Gasteiger partial charge in [0.05, 0.1) is 11.5 Å². The minimum atomic E-state index is -0.554. The van der Waals surface area contributed by atoms with Crippen molar-refractivity contribution < 1.29 is 14.5 Å². The molecule has 0 aromatic carbocycles. The zero-order valence-electron chi connectivity index (χ0n) is 11.4. The number of hydrogen-bond acceptors (Lipinski definition) is 7. The second-order valence-electron chi connectivity index (χ2n) is 4.28. The van der Waals surface area contributed by atoms with Crippen molar-refractivity contribution in [3.8, 4) is 11.3 Å². The van der Waals surface area contributed by atoms with E-state index in [1.165, 1.54) is 23.0 Å². The smallest absolute Gasteiger partial charge is 0.358 e. The van der Waals surface area contributed by atoms with Crippen molar-refractivity contribution in [3.05, 3.63) is 40.5 Å². The number of nitrogens with one attached hydrogen (secondary N) is 1. The number of fused-ring (bicyclic) bond motifs is 1. The quantitative estimate of drug-likeness (QED) is 0.435. The van der Waals surface area contributed by atoms with Gasteiger partial charge in [0.25, 0.3) is 0 Å². The van der Waals surface area contributed by atoms with Gasteiger partial charge in [-0.05, 0) is 6.92 Å². The van der Waals surface area contributed by atoms with Gasteiger partial charge in [-0.3, -0.25) is 15.2 Å². The summed E-state index contributed by atoms with van der Waals surface area (Å²) in [5.74, 6) is -0.554. The van der Waals surface area contributed by atoms with Crippen LogP contribution in [-0.4, -0.2) is 42.3 Å². The third-order valence-electron chi connectivity index (χ3n) is 2.90. The second-order valence-corrected chi connectivity index (χ2v) is 4.28. The van der Waals surface area contributed by atoms with Gasteiger partial charge >= 0.3 is 11.7 Å². The molecule has 0 atom stereocenters. The predicted octanol–water partition coefficient (Wildman–Crippen LogP) is 1.20. The van der Waals surface area contributed by atoms with E-state index in [0.717, 1.165) is 6.20 Å². The normalized spacial score (nSPS) is 10.8. The van der Waals surface area contributed by atoms with E-state index in [9.17, 15) is 14.9 Å². The van der Waals surface area contributed by atoms with Gasteiger partial charge in [-0.1, -0.05) is 0 Å². The summed E-state index contributed by atoms with van der Waals surface area (Å²) in [5, 5.41) is 21.2. The van der Waals surface area contributed by atoms with Crippen LogP contribution in [0.5, 0.6) is 0 Å². The summed E-state index contributed by atoms with van der Waals surface area (Å²) in [6.07, 6.45) is 4.07. The number of carbonyl (C=O) groups is 1. The SMILES string of the molecule is CCOC(=O)c1cc2ncc(-c3[nH]ncc3[N+](=O)[O-])cn2n1. The predicted molar refractivity (Wildman–Crippen MR) is 73.2 cm³/mol. The number of aromatic amines is 1. The molecule has 0 unspecified atom stereocenters. The van der Waals surface area contributed by atoms with E-state index in [1.807, 2.05) is 0 Å². The van der Waals surface area contributed by atoms with Gasteiger partial charge in [-0.25, -0.2) is 14.3 Å². The van der Waals surface area contributed by atoms with E-state index in [4.69, 9.17) is 4.74 Å². The maximum Gasteiger partial charge on any atom is 0.358 e. The molecule has 0 saturated heterocycles. The zero-order chi connectivity index (χ0) is 15.7. The summed E-state index contributed by atoms with van der Waals surface area (Å²) in [6, 6.07) is 1.48. The Morgan fingerprint density at radius 1 is 1.50 bits per heavy atom. The number of aromatic nitrogens is 5. The van der Waals surface area contributed by atoms with Crippen LogP contribution < -0.4 is 0 Å². The molecule has 3 heterocycles. The Balaban J connectivity index is 2.04. The molecule has 22 heavy (non-hydrogen) atoms. The first kappa shape index (κ1) is 13.7. The van der Waals surface area contributed by atoms with Crippen molar-refractivity contribution in [2.75, 3.05) is 6.61 Å². The number of ether oxygens (including phenoxy) is 1. The first-order valence-electron chi connectivity index (χ1n) is 6.31. The summed E-state index contributed by atoms with van der Waals surface area (Å²) in [5.41, 5.74) is 1.02. The molecule has 112 valence electrons. The van der Waals surface area contributed by atoms with E-state index in [1.54, 1.807) is 6.92 Å². The van der Waals surface area contributed by atoms with Crippen LogP contribution in [0.2, 0.25) is 0 Å². The van der Waals surface area contributed by atoms with Crippen molar-refractivity contribution in [1.82, 2.24) is 24.8 Å². The van der Waals surface area contributed by atoms with Gasteiger partial charge in [0.1, 0.15) is 11.9 Å². The van der Waals surface area contributed by atoms with E-state index < -0.39 is 10.9 Å². The lowest BCUT2D eigenvalue weighted by atomic mass is 10.2. The molecular formula is C12H10N6O4. The average molecular weight is 302 g/mol. The topological polar surface area (TPSA) is 128 Å². The Morgan fingerprint density at radius 2 is 2.32 bits per heavy atom. The molecule has 0 amide bonds. The first-order valence-corrected chi connectivity index (χ1v) is 6.31. The van der Waals surface area contributed by atoms with Gasteiger partial charge < -0.3 is 4.74 Å². The van der Waals surface area contributed by atoms with E-state index in [-0.39, 0.29) is 23.7 Å². The Hall–Kier alpha value is -3.30. The molecule has 3 rings (SSSR count).